The number of nitrogens with zero attached hydrogens (tertiary/aromatic N) is 2. The molecule has 0 spiro atoms. The second-order valence-corrected chi connectivity index (χ2v) is 5.88. The molecular formula is C21H23N4O. The summed E-state index contributed by atoms with van der Waals surface area (Å²) in [7, 11) is 1.66. The third-order valence-electron chi connectivity index (χ3n) is 3.97. The number of rotatable bonds is 8. The van der Waals surface area contributed by atoms with E-state index in [0.717, 1.165) is 42.1 Å². The van der Waals surface area contributed by atoms with Gasteiger partial charge in [0.15, 0.2) is 0 Å². The van der Waals surface area contributed by atoms with E-state index < -0.39 is 0 Å². The molecule has 2 N–H and O–H groups in total. The van der Waals surface area contributed by atoms with Gasteiger partial charge in [-0.3, -0.25) is 0 Å². The van der Waals surface area contributed by atoms with Crippen LogP contribution >= 0.6 is 0 Å². The average molecular weight is 347 g/mol. The van der Waals surface area contributed by atoms with Gasteiger partial charge in [0, 0.05) is 30.2 Å². The number of hydrogen-bond acceptors (Lipinski definition) is 5. The van der Waals surface area contributed by atoms with E-state index in [-0.39, 0.29) is 0 Å². The quantitative estimate of drug-likeness (QED) is 0.598. The van der Waals surface area contributed by atoms with E-state index in [1.54, 1.807) is 7.11 Å². The van der Waals surface area contributed by atoms with Crippen LogP contribution in [0.2, 0.25) is 0 Å². The van der Waals surface area contributed by atoms with Crippen LogP contribution in [0.5, 0.6) is 5.75 Å². The van der Waals surface area contributed by atoms with E-state index in [4.69, 9.17) is 4.74 Å². The minimum Gasteiger partial charge on any atom is -0.497 e. The van der Waals surface area contributed by atoms with Crippen molar-refractivity contribution < 1.29 is 4.74 Å². The van der Waals surface area contributed by atoms with Crippen LogP contribution in [0.25, 0.3) is 11.1 Å². The van der Waals surface area contributed by atoms with E-state index >= 15 is 0 Å². The zero-order valence-corrected chi connectivity index (χ0v) is 14.9. The normalized spacial score (nSPS) is 10.5. The van der Waals surface area contributed by atoms with Gasteiger partial charge in [-0.2, -0.15) is 0 Å². The number of methoxy groups -OCH3 is 1. The summed E-state index contributed by atoms with van der Waals surface area (Å²) in [5.74, 6) is 1.41. The van der Waals surface area contributed by atoms with Crippen molar-refractivity contribution in [3.63, 3.8) is 0 Å². The van der Waals surface area contributed by atoms with E-state index in [1.807, 2.05) is 48.8 Å². The second-order valence-electron chi connectivity index (χ2n) is 5.88. The first-order chi connectivity index (χ1) is 12.8. The Kier molecular flexibility index (Phi) is 6.17. The summed E-state index contributed by atoms with van der Waals surface area (Å²) in [5, 5.41) is 6.56. The van der Waals surface area contributed by atoms with Crippen LogP contribution < -0.4 is 15.4 Å². The maximum Gasteiger partial charge on any atom is 0.227 e. The fourth-order valence-electron chi connectivity index (χ4n) is 2.52. The van der Waals surface area contributed by atoms with Crippen molar-refractivity contribution >= 4 is 11.6 Å². The summed E-state index contributed by atoms with van der Waals surface area (Å²) in [6.07, 6.45) is 4.52. The molecule has 26 heavy (non-hydrogen) atoms. The van der Waals surface area contributed by atoms with Crippen molar-refractivity contribution in [1.82, 2.24) is 15.3 Å². The van der Waals surface area contributed by atoms with Crippen molar-refractivity contribution in [3.8, 4) is 16.9 Å². The molecule has 3 aromatic rings. The average Bonchev–Trinajstić information content (AvgIpc) is 2.70. The first kappa shape index (κ1) is 17.9. The van der Waals surface area contributed by atoms with E-state index in [9.17, 15) is 0 Å². The van der Waals surface area contributed by atoms with Crippen LogP contribution in [0.4, 0.5) is 11.6 Å². The van der Waals surface area contributed by atoms with Crippen LogP contribution in [-0.4, -0.2) is 23.6 Å². The monoisotopic (exact) mass is 347 g/mol. The zero-order chi connectivity index (χ0) is 18.2. The molecule has 0 fully saturated rings. The maximum atomic E-state index is 5.18. The number of benzene rings is 2. The maximum absolute atomic E-state index is 5.18. The van der Waals surface area contributed by atoms with E-state index in [1.165, 1.54) is 5.56 Å². The first-order valence-electron chi connectivity index (χ1n) is 8.61. The Morgan fingerprint density at radius 3 is 2.23 bits per heavy atom. The molecule has 0 aliphatic rings. The SMILES string of the molecule is [CH2]CCNCc1ccc(Nc2ncc(-c3ccc(OC)cc3)cn2)cc1. The summed E-state index contributed by atoms with van der Waals surface area (Å²) in [4.78, 5) is 8.81. The van der Waals surface area contributed by atoms with Gasteiger partial charge in [-0.05, 0) is 48.4 Å². The number of anilines is 2. The van der Waals surface area contributed by atoms with Crippen LogP contribution in [0, 0.1) is 6.92 Å². The van der Waals surface area contributed by atoms with Crippen molar-refractivity contribution in [2.75, 3.05) is 19.0 Å². The standard InChI is InChI=1S/C21H23N4O/c1-3-12-22-13-16-4-8-19(9-5-16)25-21-23-14-18(15-24-21)17-6-10-20(26-2)11-7-17/h4-11,14-15,22H,1,3,12-13H2,2H3,(H,23,24,25). The Morgan fingerprint density at radius 1 is 0.923 bits per heavy atom. The Balaban J connectivity index is 1.61. The third kappa shape index (κ3) is 4.80. The molecule has 0 atom stereocenters. The molecule has 1 radical (unpaired) electrons. The van der Waals surface area contributed by atoms with Crippen LogP contribution in [0.1, 0.15) is 12.0 Å². The van der Waals surface area contributed by atoms with Gasteiger partial charge in [0.25, 0.3) is 0 Å². The van der Waals surface area contributed by atoms with Gasteiger partial charge in [0.05, 0.1) is 7.11 Å². The van der Waals surface area contributed by atoms with Crippen molar-refractivity contribution in [2.45, 2.75) is 13.0 Å². The largest absolute Gasteiger partial charge is 0.497 e. The Hall–Kier alpha value is -2.92. The molecule has 0 saturated carbocycles. The zero-order valence-electron chi connectivity index (χ0n) is 14.9. The fourth-order valence-corrected chi connectivity index (χ4v) is 2.52. The molecule has 2 aromatic carbocycles. The molecule has 3 rings (SSSR count). The summed E-state index contributed by atoms with van der Waals surface area (Å²) < 4.78 is 5.18. The Labute approximate surface area is 154 Å². The lowest BCUT2D eigenvalue weighted by atomic mass is 10.1. The van der Waals surface area contributed by atoms with Gasteiger partial charge < -0.3 is 15.4 Å². The highest BCUT2D eigenvalue weighted by atomic mass is 16.5. The number of nitrogens with one attached hydrogen (secondary N) is 2. The van der Waals surface area contributed by atoms with Gasteiger partial charge in [-0.15, -0.1) is 0 Å². The van der Waals surface area contributed by atoms with Crippen LogP contribution in [0.15, 0.2) is 60.9 Å². The van der Waals surface area contributed by atoms with Crippen LogP contribution in [-0.2, 0) is 6.54 Å². The predicted molar refractivity (Wildman–Crippen MR) is 105 cm³/mol. The molecule has 1 aromatic heterocycles. The van der Waals surface area contributed by atoms with Gasteiger partial charge in [0.1, 0.15) is 5.75 Å². The highest BCUT2D eigenvalue weighted by Gasteiger charge is 2.02. The molecule has 0 unspecified atom stereocenters. The topological polar surface area (TPSA) is 59.1 Å². The lowest BCUT2D eigenvalue weighted by Gasteiger charge is -2.08. The van der Waals surface area contributed by atoms with Crippen molar-refractivity contribution in [3.05, 3.63) is 73.4 Å². The minimum atomic E-state index is 0.574. The van der Waals surface area contributed by atoms with Gasteiger partial charge in [-0.25, -0.2) is 9.97 Å². The minimum absolute atomic E-state index is 0.574. The van der Waals surface area contributed by atoms with E-state index in [0.29, 0.717) is 5.95 Å². The van der Waals surface area contributed by atoms with Crippen molar-refractivity contribution in [2.24, 2.45) is 0 Å². The number of hydrogen-bond donors (Lipinski definition) is 2. The predicted octanol–water partition coefficient (Wildman–Crippen LogP) is 4.21. The molecule has 5 nitrogen and oxygen atoms in total. The number of aromatic nitrogens is 2. The van der Waals surface area contributed by atoms with Crippen molar-refractivity contribution in [1.29, 1.82) is 0 Å². The Morgan fingerprint density at radius 2 is 1.62 bits per heavy atom. The summed E-state index contributed by atoms with van der Waals surface area (Å²) in [6.45, 7) is 5.59. The molecule has 5 heteroatoms. The molecule has 0 aliphatic heterocycles. The highest BCUT2D eigenvalue weighted by molar-refractivity contribution is 5.63. The molecule has 0 aliphatic carbocycles. The molecule has 0 bridgehead atoms. The third-order valence-corrected chi connectivity index (χ3v) is 3.97. The lowest BCUT2D eigenvalue weighted by Crippen LogP contribution is -2.13. The molecular weight excluding hydrogens is 324 g/mol. The molecule has 1 heterocycles. The fraction of sp³-hybridized carbons (Fsp3) is 0.190. The summed E-state index contributed by atoms with van der Waals surface area (Å²) >= 11 is 0. The van der Waals surface area contributed by atoms with Gasteiger partial charge in [0.2, 0.25) is 5.95 Å². The lowest BCUT2D eigenvalue weighted by molar-refractivity contribution is 0.415. The Bertz CT molecular complexity index is 799. The summed E-state index contributed by atoms with van der Waals surface area (Å²) in [5.41, 5.74) is 4.21. The first-order valence-corrected chi connectivity index (χ1v) is 8.61. The molecule has 133 valence electrons. The highest BCUT2D eigenvalue weighted by Crippen LogP contribution is 2.22. The van der Waals surface area contributed by atoms with E-state index in [2.05, 4.69) is 39.7 Å². The molecule has 0 saturated heterocycles. The van der Waals surface area contributed by atoms with Gasteiger partial charge in [-0.1, -0.05) is 31.2 Å². The molecule has 0 amide bonds. The van der Waals surface area contributed by atoms with Gasteiger partial charge >= 0.3 is 0 Å². The second kappa shape index (κ2) is 8.97. The number of ether oxygens (including phenoxy) is 1. The smallest absolute Gasteiger partial charge is 0.227 e. The summed E-state index contributed by atoms with van der Waals surface area (Å²) in [6, 6.07) is 16.1. The van der Waals surface area contributed by atoms with Crippen LogP contribution in [0.3, 0.4) is 0 Å².